The second-order valence-electron chi connectivity index (χ2n) is 12.6. The second-order valence-corrected chi connectivity index (χ2v) is 13.0. The van der Waals surface area contributed by atoms with E-state index in [0.29, 0.717) is 52.6 Å². The van der Waals surface area contributed by atoms with E-state index >= 15 is 0 Å². The quantitative estimate of drug-likeness (QED) is 0.136. The van der Waals surface area contributed by atoms with Crippen molar-refractivity contribution in [2.24, 2.45) is 17.8 Å². The zero-order valence-corrected chi connectivity index (χ0v) is 27.4. The lowest BCUT2D eigenvalue weighted by molar-refractivity contribution is -0.143. The van der Waals surface area contributed by atoms with E-state index in [0.717, 1.165) is 16.7 Å². The van der Waals surface area contributed by atoms with Gasteiger partial charge in [-0.3, -0.25) is 9.59 Å². The van der Waals surface area contributed by atoms with Gasteiger partial charge in [0.25, 0.3) is 0 Å². The van der Waals surface area contributed by atoms with Gasteiger partial charge in [-0.2, -0.15) is 26.3 Å². The summed E-state index contributed by atoms with van der Waals surface area (Å²) in [6, 6.07) is 14.3. The molecule has 1 aliphatic carbocycles. The van der Waals surface area contributed by atoms with Gasteiger partial charge in [-0.25, -0.2) is 4.90 Å². The van der Waals surface area contributed by atoms with Crippen LogP contribution in [0, 0.1) is 17.8 Å². The Morgan fingerprint density at radius 3 is 2.26 bits per heavy atom. The van der Waals surface area contributed by atoms with Gasteiger partial charge in [0.15, 0.2) is 0 Å². The van der Waals surface area contributed by atoms with Crippen molar-refractivity contribution in [3.05, 3.63) is 105 Å². The Bertz CT molecular complexity index is 1820. The lowest BCUT2D eigenvalue weighted by atomic mass is 9.69. The molecule has 3 aromatic rings. The molecule has 1 N–H and O–H groups in total. The van der Waals surface area contributed by atoms with Gasteiger partial charge in [0.1, 0.15) is 18.1 Å². The minimum absolute atomic E-state index is 0.0228. The zero-order valence-electron chi connectivity index (χ0n) is 26.7. The number of rotatable bonds is 9. The molecule has 0 radical (unpaired) electrons. The van der Waals surface area contributed by atoms with Crippen LogP contribution in [-0.4, -0.2) is 36.2 Å². The van der Waals surface area contributed by atoms with E-state index in [-0.39, 0.29) is 31.5 Å². The molecule has 4 atom stereocenters. The normalized spacial score (nSPS) is 22.6. The van der Waals surface area contributed by atoms with Crippen molar-refractivity contribution in [2.75, 3.05) is 18.1 Å². The van der Waals surface area contributed by atoms with Gasteiger partial charge in [0.05, 0.1) is 46.4 Å². The van der Waals surface area contributed by atoms with Crippen LogP contribution in [0.3, 0.4) is 0 Å². The molecule has 0 aromatic heterocycles. The first-order valence-electron chi connectivity index (χ1n) is 16.0. The number of carbonyl (C=O) groups excluding carboxylic acids is 2. The molecule has 6 rings (SSSR count). The Morgan fingerprint density at radius 2 is 1.64 bits per heavy atom. The highest BCUT2D eigenvalue weighted by Crippen LogP contribution is 2.51. The maximum absolute atomic E-state index is 14.0. The third-order valence-electron chi connectivity index (χ3n) is 9.52. The molecule has 264 valence electrons. The molecular formula is C37H32ClF6NO5. The van der Waals surface area contributed by atoms with Gasteiger partial charge in [-0.05, 0) is 90.9 Å². The monoisotopic (exact) mass is 719 g/mol. The van der Waals surface area contributed by atoms with E-state index in [1.165, 1.54) is 12.1 Å². The molecule has 13 heteroatoms. The fourth-order valence-electron chi connectivity index (χ4n) is 7.14. The van der Waals surface area contributed by atoms with Gasteiger partial charge in [-0.1, -0.05) is 48.4 Å². The lowest BCUT2D eigenvalue weighted by Gasteiger charge is -2.31. The molecule has 2 heterocycles. The maximum atomic E-state index is 14.0. The number of anilines is 1. The van der Waals surface area contributed by atoms with E-state index in [9.17, 15) is 41.0 Å². The molecule has 0 bridgehead atoms. The third-order valence-corrected chi connectivity index (χ3v) is 9.85. The molecule has 2 amide bonds. The number of fused-ring (bicyclic) bond motifs is 3. The van der Waals surface area contributed by atoms with Crippen LogP contribution >= 0.6 is 11.6 Å². The Balaban J connectivity index is 1.32. The highest BCUT2D eigenvalue weighted by Gasteiger charge is 2.57. The van der Waals surface area contributed by atoms with Crippen molar-refractivity contribution in [2.45, 2.75) is 51.1 Å². The molecule has 2 saturated heterocycles. The number of nitrogens with zero attached hydrogens (tertiary/aromatic N) is 1. The first kappa shape index (κ1) is 35.5. The summed E-state index contributed by atoms with van der Waals surface area (Å²) >= 11 is 6.32. The van der Waals surface area contributed by atoms with Crippen LogP contribution in [-0.2, 0) is 26.7 Å². The van der Waals surface area contributed by atoms with Gasteiger partial charge in [0.2, 0.25) is 11.8 Å². The minimum Gasteiger partial charge on any atom is -0.508 e. The summed E-state index contributed by atoms with van der Waals surface area (Å²) in [6.07, 6.45) is -7.10. The number of phenolic OH excluding ortho intramolecular Hbond substituents is 1. The number of allylic oxidation sites excluding steroid dienone is 1. The van der Waals surface area contributed by atoms with E-state index in [1.54, 1.807) is 30.3 Å². The number of para-hydroxylation sites is 1. The number of benzene rings is 3. The number of ether oxygens (including phenoxy) is 2. The average Bonchev–Trinajstić information content (AvgIpc) is 3.60. The van der Waals surface area contributed by atoms with Crippen molar-refractivity contribution in [1.82, 2.24) is 0 Å². The molecule has 2 aliphatic heterocycles. The Labute approximate surface area is 288 Å². The molecule has 3 aromatic carbocycles. The van der Waals surface area contributed by atoms with Gasteiger partial charge in [-0.15, -0.1) is 0 Å². The van der Waals surface area contributed by atoms with Crippen LogP contribution in [0.5, 0.6) is 11.5 Å². The minimum atomic E-state index is -5.16. The molecule has 0 unspecified atom stereocenters. The van der Waals surface area contributed by atoms with Crippen LogP contribution in [0.15, 0.2) is 83.4 Å². The van der Waals surface area contributed by atoms with E-state index < -0.39 is 64.8 Å². The van der Waals surface area contributed by atoms with Crippen LogP contribution in [0.25, 0.3) is 6.08 Å². The number of amides is 2. The van der Waals surface area contributed by atoms with Crippen LogP contribution in [0.4, 0.5) is 32.0 Å². The predicted molar refractivity (Wildman–Crippen MR) is 173 cm³/mol. The number of aromatic hydroxyl groups is 1. The molecule has 6 nitrogen and oxygen atoms in total. The summed E-state index contributed by atoms with van der Waals surface area (Å²) in [5.41, 5.74) is -0.790. The maximum Gasteiger partial charge on any atom is 0.416 e. The van der Waals surface area contributed by atoms with Crippen molar-refractivity contribution in [3.63, 3.8) is 0 Å². The fraction of sp³-hybridized carbons (Fsp3) is 0.351. The number of hydrogen-bond acceptors (Lipinski definition) is 5. The van der Waals surface area contributed by atoms with Crippen molar-refractivity contribution in [3.8, 4) is 11.5 Å². The predicted octanol–water partition coefficient (Wildman–Crippen LogP) is 9.26. The lowest BCUT2D eigenvalue weighted by Crippen LogP contribution is -2.35. The molecule has 0 saturated carbocycles. The first-order chi connectivity index (χ1) is 23.7. The third kappa shape index (κ3) is 7.14. The number of halogens is 7. The number of phenols is 1. The standard InChI is InChI=1S/C37H32ClF6NO5/c1-2-20(12-21-9-10-26(46)17-30(21)38)8-11-31-32-22(18-49-27-6-4-3-5-7-27)13-28-33(29(32)19-50-31)35(48)45(34(28)47)25-15-23(36(39,40)41)14-24(16-25)37(42,43)44/h3-7,9-10,12,14-17,28-29,31,33,46H,2,8,11,13,18-19H2,1H3/b20-12+/t28-,29+,31-,33-/m1/s1. The summed E-state index contributed by atoms with van der Waals surface area (Å²) in [5, 5.41) is 10.1. The topological polar surface area (TPSA) is 76.1 Å². The van der Waals surface area contributed by atoms with Crippen molar-refractivity contribution < 1.29 is 50.5 Å². The van der Waals surface area contributed by atoms with Gasteiger partial charge < -0.3 is 14.6 Å². The first-order valence-corrected chi connectivity index (χ1v) is 16.4. The fourth-order valence-corrected chi connectivity index (χ4v) is 7.36. The Morgan fingerprint density at radius 1 is 0.960 bits per heavy atom. The van der Waals surface area contributed by atoms with E-state index in [1.807, 2.05) is 19.1 Å². The summed E-state index contributed by atoms with van der Waals surface area (Å²) < 4.78 is 94.6. The van der Waals surface area contributed by atoms with Crippen molar-refractivity contribution >= 4 is 35.2 Å². The number of carbonyl (C=O) groups is 2. The molecule has 2 fully saturated rings. The second kappa shape index (κ2) is 13.8. The van der Waals surface area contributed by atoms with E-state index in [4.69, 9.17) is 21.1 Å². The van der Waals surface area contributed by atoms with E-state index in [2.05, 4.69) is 0 Å². The molecular weight excluding hydrogens is 688 g/mol. The number of imide groups is 1. The Hall–Kier alpha value is -4.29. The summed E-state index contributed by atoms with van der Waals surface area (Å²) in [7, 11) is 0. The van der Waals surface area contributed by atoms with Gasteiger partial charge >= 0.3 is 12.4 Å². The number of hydrogen-bond donors (Lipinski definition) is 1. The van der Waals surface area contributed by atoms with Crippen LogP contribution in [0.2, 0.25) is 5.02 Å². The van der Waals surface area contributed by atoms with Crippen molar-refractivity contribution in [1.29, 1.82) is 0 Å². The van der Waals surface area contributed by atoms with Gasteiger partial charge in [0, 0.05) is 5.92 Å². The average molecular weight is 720 g/mol. The van der Waals surface area contributed by atoms with Crippen LogP contribution in [0.1, 0.15) is 49.3 Å². The smallest absolute Gasteiger partial charge is 0.416 e. The number of alkyl halides is 6. The largest absolute Gasteiger partial charge is 0.508 e. The zero-order chi connectivity index (χ0) is 36.0. The Kier molecular flexibility index (Phi) is 9.80. The highest BCUT2D eigenvalue weighted by molar-refractivity contribution is 6.32. The summed E-state index contributed by atoms with van der Waals surface area (Å²) in [4.78, 5) is 28.3. The molecule has 0 spiro atoms. The highest BCUT2D eigenvalue weighted by atomic mass is 35.5. The summed E-state index contributed by atoms with van der Waals surface area (Å²) in [5.74, 6) is -3.84. The molecule has 3 aliphatic rings. The van der Waals surface area contributed by atoms with Crippen LogP contribution < -0.4 is 9.64 Å². The summed E-state index contributed by atoms with van der Waals surface area (Å²) in [6.45, 7) is 2.06. The molecule has 50 heavy (non-hydrogen) atoms. The SMILES string of the molecule is CC/C(=C\c1ccc(O)cc1Cl)CC[C@H]1OC[C@H]2C1=C(COc1ccccc1)C[C@H]1C(=O)N(c3cc(C(F)(F)F)cc(C(F)(F)F)c3)C(=O)[C@H]12.